The zero-order chi connectivity index (χ0) is 13.5. The molecule has 0 spiro atoms. The summed E-state index contributed by atoms with van der Waals surface area (Å²) in [5, 5.41) is 0. The van der Waals surface area contributed by atoms with Crippen molar-refractivity contribution in [2.45, 2.75) is 6.92 Å². The van der Waals surface area contributed by atoms with E-state index in [2.05, 4.69) is 21.3 Å². The molecule has 0 saturated heterocycles. The van der Waals surface area contributed by atoms with Crippen LogP contribution in [0.1, 0.15) is 22.8 Å². The Kier molecular flexibility index (Phi) is 4.88. The largest absolute Gasteiger partial charge is 0.465 e. The predicted octanol–water partition coefficient (Wildman–Crippen LogP) is 1.53. The number of methoxy groups -OCH3 is 1. The summed E-state index contributed by atoms with van der Waals surface area (Å²) in [5.74, 6) is 2.45. The van der Waals surface area contributed by atoms with E-state index < -0.39 is 17.8 Å². The zero-order valence-corrected chi connectivity index (χ0v) is 9.95. The molecule has 0 unspecified atom stereocenters. The van der Waals surface area contributed by atoms with Gasteiger partial charge in [-0.2, -0.15) is 0 Å². The third kappa shape index (κ3) is 3.59. The molecule has 0 atom stereocenters. The molecule has 18 heavy (non-hydrogen) atoms. The van der Waals surface area contributed by atoms with E-state index in [1.165, 1.54) is 19.2 Å². The number of benzene rings is 1. The lowest BCUT2D eigenvalue weighted by Gasteiger charge is -2.00. The first-order chi connectivity index (χ1) is 8.58. The zero-order valence-electron chi connectivity index (χ0n) is 9.95. The van der Waals surface area contributed by atoms with Crippen molar-refractivity contribution in [3.63, 3.8) is 0 Å². The maximum atomic E-state index is 13.4. The van der Waals surface area contributed by atoms with Crippen molar-refractivity contribution >= 4 is 11.9 Å². The van der Waals surface area contributed by atoms with Crippen LogP contribution in [0, 0.1) is 17.7 Å². The molecule has 0 fully saturated rings. The highest BCUT2D eigenvalue weighted by Gasteiger charge is 2.08. The van der Waals surface area contributed by atoms with Gasteiger partial charge in [0.2, 0.25) is 0 Å². The van der Waals surface area contributed by atoms with Gasteiger partial charge in [0.05, 0.1) is 24.8 Å². The Bertz CT molecular complexity index is 526. The molecular weight excluding hydrogens is 239 g/mol. The van der Waals surface area contributed by atoms with Crippen LogP contribution in [0.4, 0.5) is 4.39 Å². The van der Waals surface area contributed by atoms with Crippen LogP contribution in [0.15, 0.2) is 18.2 Å². The van der Waals surface area contributed by atoms with E-state index in [0.29, 0.717) is 0 Å². The number of hydrogen-bond acceptors (Lipinski definition) is 4. The van der Waals surface area contributed by atoms with E-state index in [0.717, 1.165) is 6.07 Å². The fourth-order valence-electron chi connectivity index (χ4n) is 1.15. The van der Waals surface area contributed by atoms with Gasteiger partial charge in [-0.15, -0.1) is 0 Å². The average molecular weight is 250 g/mol. The highest BCUT2D eigenvalue weighted by molar-refractivity contribution is 5.91. The van der Waals surface area contributed by atoms with Gasteiger partial charge in [-0.05, 0) is 25.1 Å². The molecule has 0 radical (unpaired) electrons. The van der Waals surface area contributed by atoms with Gasteiger partial charge < -0.3 is 9.47 Å². The van der Waals surface area contributed by atoms with E-state index in [1.54, 1.807) is 6.92 Å². The molecular formula is C13H11FO4. The van der Waals surface area contributed by atoms with Crippen LogP contribution in [0.5, 0.6) is 0 Å². The first kappa shape index (κ1) is 13.7. The average Bonchev–Trinajstić information content (AvgIpc) is 2.37. The number of carbonyl (C=O) groups is 2. The van der Waals surface area contributed by atoms with Gasteiger partial charge >= 0.3 is 11.9 Å². The Morgan fingerprint density at radius 2 is 2.11 bits per heavy atom. The summed E-state index contributed by atoms with van der Waals surface area (Å²) in [4.78, 5) is 22.2. The Labute approximate surface area is 104 Å². The standard InChI is InChI=1S/C13H11FO4/c1-3-18-12(15)7-5-9-8-10(13(16)17-2)4-6-11(9)14/h4,6,8H,3H2,1-2H3. The van der Waals surface area contributed by atoms with Crippen molar-refractivity contribution < 1.29 is 23.5 Å². The van der Waals surface area contributed by atoms with Gasteiger partial charge in [-0.1, -0.05) is 5.92 Å². The molecule has 0 aromatic heterocycles. The van der Waals surface area contributed by atoms with E-state index in [1.807, 2.05) is 0 Å². The third-order valence-electron chi connectivity index (χ3n) is 1.96. The summed E-state index contributed by atoms with van der Waals surface area (Å²) in [6.45, 7) is 1.83. The van der Waals surface area contributed by atoms with Crippen molar-refractivity contribution in [3.8, 4) is 11.8 Å². The Morgan fingerprint density at radius 3 is 2.72 bits per heavy atom. The Hall–Kier alpha value is -2.35. The topological polar surface area (TPSA) is 52.6 Å². The third-order valence-corrected chi connectivity index (χ3v) is 1.96. The molecule has 4 nitrogen and oxygen atoms in total. The maximum absolute atomic E-state index is 13.4. The first-order valence-corrected chi connectivity index (χ1v) is 5.15. The van der Waals surface area contributed by atoms with Gasteiger partial charge in [-0.3, -0.25) is 0 Å². The lowest BCUT2D eigenvalue weighted by atomic mass is 10.1. The second-order valence-corrected chi connectivity index (χ2v) is 3.16. The predicted molar refractivity (Wildman–Crippen MR) is 61.3 cm³/mol. The van der Waals surface area contributed by atoms with Crippen LogP contribution in [-0.2, 0) is 14.3 Å². The molecule has 0 N–H and O–H groups in total. The van der Waals surface area contributed by atoms with Crippen LogP contribution in [-0.4, -0.2) is 25.7 Å². The van der Waals surface area contributed by atoms with Crippen LogP contribution >= 0.6 is 0 Å². The SMILES string of the molecule is CCOC(=O)C#Cc1cc(C(=O)OC)ccc1F. The smallest absolute Gasteiger partial charge is 0.384 e. The molecule has 0 saturated carbocycles. The van der Waals surface area contributed by atoms with E-state index in [4.69, 9.17) is 0 Å². The fourth-order valence-corrected chi connectivity index (χ4v) is 1.15. The van der Waals surface area contributed by atoms with E-state index in [-0.39, 0.29) is 17.7 Å². The minimum Gasteiger partial charge on any atom is -0.465 e. The number of ether oxygens (including phenoxy) is 2. The first-order valence-electron chi connectivity index (χ1n) is 5.15. The summed E-state index contributed by atoms with van der Waals surface area (Å²) < 4.78 is 22.4. The molecule has 1 rings (SSSR count). The number of halogens is 1. The second-order valence-electron chi connectivity index (χ2n) is 3.16. The van der Waals surface area contributed by atoms with Gasteiger partial charge in [0, 0.05) is 5.92 Å². The number of esters is 2. The molecule has 0 amide bonds. The summed E-state index contributed by atoms with van der Waals surface area (Å²) in [6.07, 6.45) is 0. The lowest BCUT2D eigenvalue weighted by molar-refractivity contribution is -0.136. The molecule has 94 valence electrons. The molecule has 0 heterocycles. The summed E-state index contributed by atoms with van der Waals surface area (Å²) in [5.41, 5.74) is 0.0954. The summed E-state index contributed by atoms with van der Waals surface area (Å²) in [6, 6.07) is 3.57. The van der Waals surface area contributed by atoms with Crippen molar-refractivity contribution in [1.82, 2.24) is 0 Å². The molecule has 0 aliphatic carbocycles. The molecule has 0 aliphatic rings. The van der Waals surface area contributed by atoms with Gasteiger partial charge in [0.1, 0.15) is 5.82 Å². The van der Waals surface area contributed by atoms with Gasteiger partial charge in [-0.25, -0.2) is 14.0 Å². The van der Waals surface area contributed by atoms with Crippen LogP contribution in [0.2, 0.25) is 0 Å². The minimum absolute atomic E-state index is 0.0639. The Morgan fingerprint density at radius 1 is 1.39 bits per heavy atom. The van der Waals surface area contributed by atoms with Crippen LogP contribution < -0.4 is 0 Å². The summed E-state index contributed by atoms with van der Waals surface area (Å²) >= 11 is 0. The maximum Gasteiger partial charge on any atom is 0.384 e. The van der Waals surface area contributed by atoms with E-state index >= 15 is 0 Å². The molecule has 0 bridgehead atoms. The number of rotatable bonds is 2. The normalized spacial score (nSPS) is 9.06. The number of carbonyl (C=O) groups excluding carboxylic acids is 2. The lowest BCUT2D eigenvalue weighted by Crippen LogP contribution is -2.03. The fraction of sp³-hybridized carbons (Fsp3) is 0.231. The van der Waals surface area contributed by atoms with Crippen LogP contribution in [0.3, 0.4) is 0 Å². The Balaban J connectivity index is 3.01. The summed E-state index contributed by atoms with van der Waals surface area (Å²) in [7, 11) is 1.22. The van der Waals surface area contributed by atoms with Crippen molar-refractivity contribution in [2.75, 3.05) is 13.7 Å². The quantitative estimate of drug-likeness (QED) is 0.590. The highest BCUT2D eigenvalue weighted by Crippen LogP contribution is 2.10. The van der Waals surface area contributed by atoms with Crippen molar-refractivity contribution in [3.05, 3.63) is 35.1 Å². The molecule has 0 aliphatic heterocycles. The van der Waals surface area contributed by atoms with Gasteiger partial charge in [0.15, 0.2) is 0 Å². The molecule has 5 heteroatoms. The van der Waals surface area contributed by atoms with Gasteiger partial charge in [0.25, 0.3) is 0 Å². The number of hydrogen-bond donors (Lipinski definition) is 0. The second kappa shape index (κ2) is 6.40. The van der Waals surface area contributed by atoms with Crippen molar-refractivity contribution in [1.29, 1.82) is 0 Å². The highest BCUT2D eigenvalue weighted by atomic mass is 19.1. The molecule has 1 aromatic carbocycles. The van der Waals surface area contributed by atoms with Crippen LogP contribution in [0.25, 0.3) is 0 Å². The van der Waals surface area contributed by atoms with Crippen molar-refractivity contribution in [2.24, 2.45) is 0 Å². The van der Waals surface area contributed by atoms with E-state index in [9.17, 15) is 14.0 Å². The molecule has 1 aromatic rings. The monoisotopic (exact) mass is 250 g/mol. The minimum atomic E-state index is -0.750.